The van der Waals surface area contributed by atoms with Crippen molar-refractivity contribution in [3.05, 3.63) is 0 Å². The maximum absolute atomic E-state index is 10.6. The summed E-state index contributed by atoms with van der Waals surface area (Å²) in [6.07, 6.45) is 22.0. The number of rotatable bonds is 17. The van der Waals surface area contributed by atoms with Crippen LogP contribution in [0.25, 0.3) is 0 Å². The van der Waals surface area contributed by atoms with Crippen LogP contribution in [0.5, 0.6) is 0 Å². The molecular formula is C20H46N2O2. The van der Waals surface area contributed by atoms with Crippen LogP contribution >= 0.6 is 0 Å². The summed E-state index contributed by atoms with van der Waals surface area (Å²) in [6.45, 7) is 4.36. The van der Waals surface area contributed by atoms with Crippen LogP contribution in [0.3, 0.4) is 0 Å². The Kier molecular flexibility index (Phi) is 29.0. The second-order valence-electron chi connectivity index (χ2n) is 6.64. The molecule has 0 atom stereocenters. The highest BCUT2D eigenvalue weighted by atomic mass is 16.5. The van der Waals surface area contributed by atoms with Crippen molar-refractivity contribution in [1.29, 1.82) is 0 Å². The van der Waals surface area contributed by atoms with Crippen molar-refractivity contribution in [3.63, 3.8) is 0 Å². The quantitative estimate of drug-likeness (QED) is 0.216. The second kappa shape index (κ2) is 24.6. The molecule has 6 N–H and O–H groups in total. The second-order valence-corrected chi connectivity index (χ2v) is 6.64. The molecule has 0 aromatic carbocycles. The van der Waals surface area contributed by atoms with Crippen molar-refractivity contribution < 1.29 is 9.53 Å². The zero-order valence-electron chi connectivity index (χ0n) is 16.8. The summed E-state index contributed by atoms with van der Waals surface area (Å²) in [5.74, 6) is -0.152. The van der Waals surface area contributed by atoms with E-state index < -0.39 is 0 Å². The molecule has 0 aliphatic heterocycles. The minimum absolute atomic E-state index is 0. The summed E-state index contributed by atoms with van der Waals surface area (Å²) in [5.41, 5.74) is 0. The Morgan fingerprint density at radius 1 is 0.583 bits per heavy atom. The molecule has 0 rings (SSSR count). The fourth-order valence-electron chi connectivity index (χ4n) is 2.87. The van der Waals surface area contributed by atoms with E-state index in [-0.39, 0.29) is 18.3 Å². The van der Waals surface area contributed by atoms with Gasteiger partial charge in [-0.15, -0.1) is 0 Å². The first kappa shape index (κ1) is 28.2. The first-order valence-electron chi connectivity index (χ1n) is 9.90. The normalized spacial score (nSPS) is 9.92. The Balaban J connectivity index is -0.00000220. The summed E-state index contributed by atoms with van der Waals surface area (Å²) >= 11 is 0. The summed E-state index contributed by atoms with van der Waals surface area (Å²) in [6, 6.07) is 0. The van der Waals surface area contributed by atoms with E-state index in [0.29, 0.717) is 6.61 Å². The highest BCUT2D eigenvalue weighted by Crippen LogP contribution is 2.13. The molecule has 0 aromatic heterocycles. The van der Waals surface area contributed by atoms with Gasteiger partial charge in [0.25, 0.3) is 0 Å². The summed E-state index contributed by atoms with van der Waals surface area (Å²) in [4.78, 5) is 10.6. The number of ether oxygens (including phenoxy) is 1. The number of hydrogen-bond acceptors (Lipinski definition) is 4. The van der Waals surface area contributed by atoms with Crippen LogP contribution in [-0.2, 0) is 9.53 Å². The van der Waals surface area contributed by atoms with Gasteiger partial charge < -0.3 is 17.0 Å². The van der Waals surface area contributed by atoms with Crippen LogP contribution < -0.4 is 12.3 Å². The number of carbonyl (C=O) groups is 1. The molecule has 0 unspecified atom stereocenters. The molecule has 4 heteroatoms. The molecule has 148 valence electrons. The summed E-state index contributed by atoms with van der Waals surface area (Å²) in [7, 11) is 0. The smallest absolute Gasteiger partial charge is 0.302 e. The monoisotopic (exact) mass is 346 g/mol. The van der Waals surface area contributed by atoms with Crippen LogP contribution in [0, 0.1) is 0 Å². The molecule has 0 aliphatic rings. The van der Waals surface area contributed by atoms with Gasteiger partial charge in [-0.3, -0.25) is 4.79 Å². The third-order valence-electron chi connectivity index (χ3n) is 4.30. The van der Waals surface area contributed by atoms with Gasteiger partial charge in [-0.05, 0) is 6.42 Å². The molecule has 0 heterocycles. The standard InChI is InChI=1S/C20H40O2.2H3N/c1-3-4-5-6-7-8-9-10-11-12-13-14-15-16-17-18-19-22-20(2)21;;/h3-19H2,1-2H3;2*1H3. The van der Waals surface area contributed by atoms with Gasteiger partial charge in [-0.1, -0.05) is 103 Å². The van der Waals surface area contributed by atoms with Gasteiger partial charge in [0, 0.05) is 6.92 Å². The van der Waals surface area contributed by atoms with Crippen LogP contribution in [0.4, 0.5) is 0 Å². The van der Waals surface area contributed by atoms with Crippen molar-refractivity contribution >= 4 is 5.97 Å². The van der Waals surface area contributed by atoms with E-state index >= 15 is 0 Å². The van der Waals surface area contributed by atoms with Gasteiger partial charge in [-0.2, -0.15) is 0 Å². The average molecular weight is 347 g/mol. The largest absolute Gasteiger partial charge is 0.466 e. The van der Waals surface area contributed by atoms with Crippen LogP contribution in [0.1, 0.15) is 117 Å². The van der Waals surface area contributed by atoms with Gasteiger partial charge in [0.2, 0.25) is 0 Å². The molecule has 0 bridgehead atoms. The SMILES string of the molecule is CCCCCCCCCCCCCCCCCCOC(C)=O.N.N. The van der Waals surface area contributed by atoms with E-state index in [4.69, 9.17) is 4.74 Å². The first-order chi connectivity index (χ1) is 10.8. The maximum atomic E-state index is 10.6. The van der Waals surface area contributed by atoms with Gasteiger partial charge in [0.05, 0.1) is 6.61 Å². The molecule has 0 saturated heterocycles. The molecule has 4 nitrogen and oxygen atoms in total. The number of unbranched alkanes of at least 4 members (excludes halogenated alkanes) is 15. The van der Waals surface area contributed by atoms with Crippen molar-refractivity contribution in [2.75, 3.05) is 6.61 Å². The zero-order chi connectivity index (χ0) is 16.3. The van der Waals surface area contributed by atoms with Gasteiger partial charge in [0.15, 0.2) is 0 Å². The van der Waals surface area contributed by atoms with E-state index in [1.807, 2.05) is 0 Å². The number of esters is 1. The Labute approximate surface area is 151 Å². The van der Waals surface area contributed by atoms with Gasteiger partial charge in [-0.25, -0.2) is 0 Å². The molecule has 0 aliphatic carbocycles. The predicted molar refractivity (Wildman–Crippen MR) is 106 cm³/mol. The average Bonchev–Trinajstić information content (AvgIpc) is 2.50. The fourth-order valence-corrected chi connectivity index (χ4v) is 2.87. The van der Waals surface area contributed by atoms with Crippen LogP contribution in [0.15, 0.2) is 0 Å². The van der Waals surface area contributed by atoms with Crippen molar-refractivity contribution in [2.45, 2.75) is 117 Å². The molecule has 0 aromatic rings. The Bertz CT molecular complexity index is 236. The highest BCUT2D eigenvalue weighted by Gasteiger charge is 1.95. The minimum Gasteiger partial charge on any atom is -0.466 e. The predicted octanol–water partition coefficient (Wildman–Crippen LogP) is 7.14. The number of carbonyl (C=O) groups excluding carboxylic acids is 1. The topological polar surface area (TPSA) is 96.3 Å². The lowest BCUT2D eigenvalue weighted by molar-refractivity contribution is -0.141. The summed E-state index contributed by atoms with van der Waals surface area (Å²) < 4.78 is 4.92. The first-order valence-corrected chi connectivity index (χ1v) is 9.90. The van der Waals surface area contributed by atoms with Crippen LogP contribution in [0.2, 0.25) is 0 Å². The van der Waals surface area contributed by atoms with E-state index in [1.54, 1.807) is 0 Å². The molecule has 24 heavy (non-hydrogen) atoms. The van der Waals surface area contributed by atoms with Crippen molar-refractivity contribution in [2.24, 2.45) is 0 Å². The van der Waals surface area contributed by atoms with E-state index in [9.17, 15) is 4.79 Å². The zero-order valence-corrected chi connectivity index (χ0v) is 16.8. The maximum Gasteiger partial charge on any atom is 0.302 e. The molecule has 0 radical (unpaired) electrons. The Morgan fingerprint density at radius 2 is 0.875 bits per heavy atom. The fraction of sp³-hybridized carbons (Fsp3) is 0.950. The third kappa shape index (κ3) is 26.3. The highest BCUT2D eigenvalue weighted by molar-refractivity contribution is 5.65. The van der Waals surface area contributed by atoms with Gasteiger partial charge >= 0.3 is 5.97 Å². The molecule has 0 saturated carbocycles. The van der Waals surface area contributed by atoms with Crippen molar-refractivity contribution in [1.82, 2.24) is 12.3 Å². The molecular weight excluding hydrogens is 300 g/mol. The van der Waals surface area contributed by atoms with E-state index in [1.165, 1.54) is 103 Å². The summed E-state index contributed by atoms with van der Waals surface area (Å²) in [5, 5.41) is 0. The van der Waals surface area contributed by atoms with E-state index in [2.05, 4.69) is 6.92 Å². The lowest BCUT2D eigenvalue weighted by Gasteiger charge is -2.04. The lowest BCUT2D eigenvalue weighted by Crippen LogP contribution is -2.00. The lowest BCUT2D eigenvalue weighted by atomic mass is 10.0. The Hall–Kier alpha value is -0.610. The molecule has 0 spiro atoms. The van der Waals surface area contributed by atoms with Crippen molar-refractivity contribution in [3.8, 4) is 0 Å². The Morgan fingerprint density at radius 3 is 1.17 bits per heavy atom. The van der Waals surface area contributed by atoms with Gasteiger partial charge in [0.1, 0.15) is 0 Å². The van der Waals surface area contributed by atoms with Crippen LogP contribution in [-0.4, -0.2) is 12.6 Å². The molecule has 0 fully saturated rings. The number of hydrogen-bond donors (Lipinski definition) is 2. The van der Waals surface area contributed by atoms with E-state index in [0.717, 1.165) is 6.42 Å². The third-order valence-corrected chi connectivity index (χ3v) is 4.30. The molecule has 0 amide bonds. The minimum atomic E-state index is -0.152.